The molecule has 3 saturated carbocycles. The van der Waals surface area contributed by atoms with Crippen LogP contribution in [0.4, 0.5) is 0 Å². The summed E-state index contributed by atoms with van der Waals surface area (Å²) in [7, 11) is 3.43. The van der Waals surface area contributed by atoms with Gasteiger partial charge in [-0.15, -0.1) is 0 Å². The zero-order chi connectivity index (χ0) is 48.1. The zero-order valence-electron chi connectivity index (χ0n) is 41.6. The third-order valence-corrected chi connectivity index (χ3v) is 18.9. The maximum atomic E-state index is 14.9. The van der Waals surface area contributed by atoms with Gasteiger partial charge in [0.05, 0.1) is 11.0 Å². The van der Waals surface area contributed by atoms with Crippen LogP contribution in [-0.2, 0) is 19.2 Å². The molecule has 7 nitrogen and oxygen atoms in total. The molecule has 5 rings (SSSR count). The van der Waals surface area contributed by atoms with Gasteiger partial charge in [-0.05, 0) is 124 Å². The Bertz CT molecular complexity index is 2050. The summed E-state index contributed by atoms with van der Waals surface area (Å²) in [6, 6.07) is 2.21. The number of hydrogen-bond donors (Lipinski definition) is 2. The summed E-state index contributed by atoms with van der Waals surface area (Å²) in [6.07, 6.45) is 42.9. The number of hydrogen-bond acceptors (Lipinski definition) is 7. The number of nitriles is 1. The van der Waals surface area contributed by atoms with Gasteiger partial charge in [0.1, 0.15) is 6.07 Å². The van der Waals surface area contributed by atoms with Crippen molar-refractivity contribution in [3.63, 3.8) is 0 Å². The monoisotopic (exact) mass is 936 g/mol. The van der Waals surface area contributed by atoms with Gasteiger partial charge < -0.3 is 10.6 Å². The molecule has 66 heavy (non-hydrogen) atoms. The van der Waals surface area contributed by atoms with E-state index < -0.39 is 16.2 Å². The average molecular weight is 936 g/mol. The van der Waals surface area contributed by atoms with E-state index in [2.05, 4.69) is 131 Å². The van der Waals surface area contributed by atoms with Crippen LogP contribution in [-0.4, -0.2) is 48.0 Å². The predicted octanol–water partition coefficient (Wildman–Crippen LogP) is 13.3. The van der Waals surface area contributed by atoms with Crippen molar-refractivity contribution >= 4 is 45.0 Å². The Morgan fingerprint density at radius 2 is 1.29 bits per heavy atom. The first-order chi connectivity index (χ1) is 31.4. The van der Waals surface area contributed by atoms with E-state index in [0.717, 1.165) is 107 Å². The van der Waals surface area contributed by atoms with Gasteiger partial charge in [0.2, 0.25) is 11.8 Å². The van der Waals surface area contributed by atoms with E-state index in [1.165, 1.54) is 0 Å². The third-order valence-electron chi connectivity index (χ3n) is 16.5. The molecule has 0 aromatic carbocycles. The van der Waals surface area contributed by atoms with Gasteiger partial charge in [0.25, 0.3) is 0 Å². The van der Waals surface area contributed by atoms with Crippen LogP contribution in [0.3, 0.4) is 0 Å². The molecule has 0 saturated heterocycles. The average Bonchev–Trinajstić information content (AvgIpc) is 3.27. The van der Waals surface area contributed by atoms with Crippen LogP contribution < -0.4 is 10.6 Å². The van der Waals surface area contributed by atoms with E-state index in [1.54, 1.807) is 21.6 Å². The van der Waals surface area contributed by atoms with Crippen molar-refractivity contribution in [1.29, 1.82) is 5.26 Å². The largest absolute Gasteiger partial charge is 0.355 e. The lowest BCUT2D eigenvalue weighted by atomic mass is 9.34. The molecule has 0 heterocycles. The molecule has 3 fully saturated rings. The maximum Gasteiger partial charge on any atom is 0.226 e. The van der Waals surface area contributed by atoms with Crippen molar-refractivity contribution in [2.45, 2.75) is 152 Å². The van der Waals surface area contributed by atoms with Crippen LogP contribution in [0.1, 0.15) is 152 Å². The minimum absolute atomic E-state index is 0.00309. The first kappa shape index (κ1) is 53.3. The molecule has 5 aliphatic rings. The molecule has 7 unspecified atom stereocenters. The summed E-state index contributed by atoms with van der Waals surface area (Å²) in [5, 5.41) is 16.4. The van der Waals surface area contributed by atoms with Gasteiger partial charge in [-0.25, -0.2) is 0 Å². The molecule has 0 aromatic rings. The number of amides is 2. The van der Waals surface area contributed by atoms with Crippen LogP contribution >= 0.6 is 21.6 Å². The molecule has 9 heteroatoms. The summed E-state index contributed by atoms with van der Waals surface area (Å²) in [4.78, 5) is 55.2. The summed E-state index contributed by atoms with van der Waals surface area (Å²) in [5.74, 6) is 1.44. The highest BCUT2D eigenvalue weighted by Gasteiger charge is 2.70. The smallest absolute Gasteiger partial charge is 0.226 e. The predicted molar refractivity (Wildman–Crippen MR) is 277 cm³/mol. The van der Waals surface area contributed by atoms with Gasteiger partial charge in [-0.2, -0.15) is 5.26 Å². The molecular weight excluding hydrogens is 855 g/mol. The van der Waals surface area contributed by atoms with Crippen molar-refractivity contribution in [2.24, 2.45) is 50.2 Å². The zero-order valence-corrected chi connectivity index (χ0v) is 43.3. The number of nitrogens with one attached hydrogen (secondary N) is 2. The van der Waals surface area contributed by atoms with Crippen molar-refractivity contribution < 1.29 is 19.2 Å². The molecule has 0 aliphatic heterocycles. The fraction of sp³-hybridized carbons (Fsp3) is 0.632. The minimum Gasteiger partial charge on any atom is -0.355 e. The molecule has 0 spiro atoms. The second-order valence-electron chi connectivity index (χ2n) is 21.6. The quantitative estimate of drug-likeness (QED) is 0.0631. The van der Waals surface area contributed by atoms with E-state index in [1.807, 2.05) is 26.0 Å². The second kappa shape index (κ2) is 23.6. The van der Waals surface area contributed by atoms with Crippen LogP contribution in [0.2, 0.25) is 0 Å². The first-order valence-electron chi connectivity index (χ1n) is 25.1. The van der Waals surface area contributed by atoms with Crippen LogP contribution in [0, 0.1) is 61.6 Å². The van der Waals surface area contributed by atoms with Crippen molar-refractivity contribution in [1.82, 2.24) is 10.6 Å². The Hall–Kier alpha value is -3.61. The summed E-state index contributed by atoms with van der Waals surface area (Å²) < 4.78 is 0. The van der Waals surface area contributed by atoms with Gasteiger partial charge in [-0.3, -0.25) is 19.2 Å². The second-order valence-corrected chi connectivity index (χ2v) is 24.3. The summed E-state index contributed by atoms with van der Waals surface area (Å²) >= 11 is 0. The number of Topliss-reactive ketones (excluding diaryl/α,β-unsaturated/α-hetero) is 1. The van der Waals surface area contributed by atoms with E-state index in [4.69, 9.17) is 0 Å². The van der Waals surface area contributed by atoms with Crippen molar-refractivity contribution in [3.05, 3.63) is 96.2 Å². The molecule has 2 amide bonds. The van der Waals surface area contributed by atoms with E-state index in [9.17, 15) is 24.4 Å². The van der Waals surface area contributed by atoms with Gasteiger partial charge in [0, 0.05) is 47.8 Å². The highest BCUT2D eigenvalue weighted by Crippen LogP contribution is 2.74. The lowest BCUT2D eigenvalue weighted by Crippen LogP contribution is -2.66. The van der Waals surface area contributed by atoms with E-state index in [-0.39, 0.29) is 63.0 Å². The van der Waals surface area contributed by atoms with Crippen LogP contribution in [0.25, 0.3) is 0 Å². The fourth-order valence-electron chi connectivity index (χ4n) is 12.7. The van der Waals surface area contributed by atoms with Crippen LogP contribution in [0.15, 0.2) is 96.2 Å². The topological polar surface area (TPSA) is 116 Å². The Balaban J connectivity index is 1.02. The normalized spacial score (nSPS) is 31.5. The Morgan fingerprint density at radius 1 is 0.742 bits per heavy atom. The number of ketones is 2. The highest BCUT2D eigenvalue weighted by atomic mass is 33.1. The molecule has 0 aromatic heterocycles. The van der Waals surface area contributed by atoms with Gasteiger partial charge in [0.15, 0.2) is 11.6 Å². The number of nitrogens with zero attached hydrogens (tertiary/aromatic N) is 1. The van der Waals surface area contributed by atoms with Crippen molar-refractivity contribution in [2.75, 3.05) is 24.6 Å². The Kier molecular flexibility index (Phi) is 19.1. The molecular formula is C57H81N3O4S2. The fourth-order valence-corrected chi connectivity index (χ4v) is 14.5. The van der Waals surface area contributed by atoms with Gasteiger partial charge >= 0.3 is 0 Å². The van der Waals surface area contributed by atoms with Gasteiger partial charge in [-0.1, -0.05) is 162 Å². The van der Waals surface area contributed by atoms with E-state index >= 15 is 0 Å². The summed E-state index contributed by atoms with van der Waals surface area (Å²) in [6.45, 7) is 18.7. The number of carbonyl (C=O) groups is 4. The maximum absolute atomic E-state index is 14.9. The van der Waals surface area contributed by atoms with E-state index in [0.29, 0.717) is 19.5 Å². The highest BCUT2D eigenvalue weighted by molar-refractivity contribution is 8.76. The number of allylic oxidation sites excluding steroid dienone is 16. The number of rotatable bonds is 22. The summed E-state index contributed by atoms with van der Waals surface area (Å²) in [5.41, 5.74) is -1.20. The molecule has 0 radical (unpaired) electrons. The van der Waals surface area contributed by atoms with Crippen LogP contribution in [0.5, 0.6) is 0 Å². The molecule has 0 bridgehead atoms. The number of carbonyl (C=O) groups excluding carboxylic acids is 4. The SMILES string of the molecule is CCC=CCC=CCC=CCC=CCC=CCC=CCCC(=O)NCCSSCCNC(=O)C12CCC(C)(C)CC1C1C(=O)C=C3C4(C)C=C(C#N)C(=O)C(C)(C)C4CCC3(C)C1(C)CC2. The standard InChI is InChI=1S/C57H81N3O4S2/c1-9-10-11-12-13-14-15-16-17-18-19-20-21-22-23-24-25-26-27-28-48(62)59-35-37-65-66-38-36-60-51(64)57-33-31-52(2,3)41-44(57)49-45(61)39-47-54(6)40-43(42-58)50(63)53(4,5)46(54)29-30-55(47,7)56(49,8)32-34-57/h10-11,13-14,16-17,19-20,22-23,25-26,39-40,44,46,49H,9,12,15,18,21,24,27-38,41H2,1-8H3,(H,59,62)(H,60,64). The molecule has 5 aliphatic carbocycles. The first-order valence-corrected chi connectivity index (χ1v) is 27.6. The third kappa shape index (κ3) is 12.0. The molecule has 7 atom stereocenters. The Morgan fingerprint density at radius 3 is 1.86 bits per heavy atom. The molecule has 360 valence electrons. The lowest BCUT2D eigenvalue weighted by molar-refractivity contribution is -0.178. The minimum atomic E-state index is -0.700. The Labute approximate surface area is 406 Å². The number of fused-ring (bicyclic) bond motifs is 7. The molecule has 2 N–H and O–H groups in total. The van der Waals surface area contributed by atoms with Crippen molar-refractivity contribution in [3.8, 4) is 6.07 Å². The lowest BCUT2D eigenvalue weighted by Gasteiger charge is -2.69.